The van der Waals surface area contributed by atoms with E-state index >= 15 is 0 Å². The molecule has 1 N–H and O–H groups in total. The van der Waals surface area contributed by atoms with E-state index in [1.165, 1.54) is 7.11 Å². The lowest BCUT2D eigenvalue weighted by Crippen LogP contribution is -2.27. The number of nitrogens with one attached hydrogen (secondary N) is 1. The molecule has 0 fully saturated rings. The average molecular weight is 277 g/mol. The first-order valence-electron chi connectivity index (χ1n) is 5.64. The molecule has 1 aromatic rings. The highest BCUT2D eigenvalue weighted by Gasteiger charge is 2.33. The molecule has 1 aromatic carbocycles. The van der Waals surface area contributed by atoms with Gasteiger partial charge < -0.3 is 10.1 Å². The molecule has 0 amide bonds. The predicted octanol–water partition coefficient (Wildman–Crippen LogP) is 1.62. The molecule has 1 heterocycles. The van der Waals surface area contributed by atoms with Crippen molar-refractivity contribution in [2.24, 2.45) is 0 Å². The van der Waals surface area contributed by atoms with Crippen molar-refractivity contribution in [2.45, 2.75) is 6.04 Å². The van der Waals surface area contributed by atoms with Crippen molar-refractivity contribution in [1.29, 1.82) is 0 Å². The van der Waals surface area contributed by atoms with Crippen molar-refractivity contribution in [3.63, 3.8) is 0 Å². The minimum absolute atomic E-state index is 0.302. The van der Waals surface area contributed by atoms with E-state index in [0.717, 1.165) is 12.3 Å². The van der Waals surface area contributed by atoms with Gasteiger partial charge in [-0.3, -0.25) is 20.2 Å². The van der Waals surface area contributed by atoms with Crippen LogP contribution in [0.2, 0.25) is 0 Å². The van der Waals surface area contributed by atoms with Gasteiger partial charge >= 0.3 is 0 Å². The van der Waals surface area contributed by atoms with Gasteiger partial charge in [0.05, 0.1) is 29.2 Å². The van der Waals surface area contributed by atoms with E-state index in [0.29, 0.717) is 11.3 Å². The molecule has 1 aliphatic heterocycles. The number of ether oxygens (including phenoxy) is 1. The SMILES string of the molecule is COc1ccccc1C1NC=C([N+](=O)[O-])C=C1[N+](=O)[O-]. The fraction of sp³-hybridized carbons (Fsp3) is 0.167. The van der Waals surface area contributed by atoms with Crippen molar-refractivity contribution in [1.82, 2.24) is 5.32 Å². The minimum Gasteiger partial charge on any atom is -0.496 e. The second kappa shape index (κ2) is 5.39. The summed E-state index contributed by atoms with van der Waals surface area (Å²) >= 11 is 0. The number of nitro groups is 2. The summed E-state index contributed by atoms with van der Waals surface area (Å²) in [6, 6.07) is 5.98. The van der Waals surface area contributed by atoms with Crippen molar-refractivity contribution in [3.05, 3.63) is 73.7 Å². The Bertz CT molecular complexity index is 623. The first-order chi connectivity index (χ1) is 9.54. The number of benzene rings is 1. The smallest absolute Gasteiger partial charge is 0.291 e. The fourth-order valence-electron chi connectivity index (χ4n) is 1.95. The van der Waals surface area contributed by atoms with Gasteiger partial charge in [0.1, 0.15) is 11.8 Å². The van der Waals surface area contributed by atoms with Crippen LogP contribution in [0.25, 0.3) is 0 Å². The largest absolute Gasteiger partial charge is 0.496 e. The number of hydrogen-bond donors (Lipinski definition) is 1. The topological polar surface area (TPSA) is 108 Å². The highest BCUT2D eigenvalue weighted by molar-refractivity contribution is 5.41. The number of nitrogens with zero attached hydrogens (tertiary/aromatic N) is 2. The molecule has 0 aromatic heterocycles. The molecule has 0 radical (unpaired) electrons. The third kappa shape index (κ3) is 2.44. The Kier molecular flexibility index (Phi) is 3.65. The van der Waals surface area contributed by atoms with Gasteiger partial charge in [0.2, 0.25) is 0 Å². The first-order valence-corrected chi connectivity index (χ1v) is 5.64. The Morgan fingerprint density at radius 2 is 1.90 bits per heavy atom. The van der Waals surface area contributed by atoms with Gasteiger partial charge in [-0.25, -0.2) is 0 Å². The minimum atomic E-state index is -0.801. The van der Waals surface area contributed by atoms with Crippen LogP contribution in [0.1, 0.15) is 11.6 Å². The second-order valence-corrected chi connectivity index (χ2v) is 3.99. The molecule has 8 nitrogen and oxygen atoms in total. The van der Waals surface area contributed by atoms with Gasteiger partial charge in [0.15, 0.2) is 0 Å². The normalized spacial score (nSPS) is 17.6. The van der Waals surface area contributed by atoms with E-state index in [-0.39, 0.29) is 11.4 Å². The van der Waals surface area contributed by atoms with Crippen LogP contribution in [0.4, 0.5) is 0 Å². The van der Waals surface area contributed by atoms with Crippen LogP contribution in [-0.4, -0.2) is 17.0 Å². The lowest BCUT2D eigenvalue weighted by atomic mass is 10.0. The molecule has 20 heavy (non-hydrogen) atoms. The Hall–Kier alpha value is -2.90. The summed E-state index contributed by atoms with van der Waals surface area (Å²) in [5.41, 5.74) is -0.122. The van der Waals surface area contributed by atoms with Crippen LogP contribution < -0.4 is 10.1 Å². The quantitative estimate of drug-likeness (QED) is 0.661. The maximum Gasteiger partial charge on any atom is 0.291 e. The summed E-state index contributed by atoms with van der Waals surface area (Å²) in [5, 5.41) is 24.5. The third-order valence-corrected chi connectivity index (χ3v) is 2.86. The number of methoxy groups -OCH3 is 1. The highest BCUT2D eigenvalue weighted by Crippen LogP contribution is 2.32. The molecule has 0 spiro atoms. The van der Waals surface area contributed by atoms with Gasteiger partial charge in [-0.15, -0.1) is 0 Å². The lowest BCUT2D eigenvalue weighted by molar-refractivity contribution is -0.441. The molecule has 0 saturated carbocycles. The molecule has 0 aliphatic carbocycles. The molecule has 1 unspecified atom stereocenters. The Morgan fingerprint density at radius 1 is 1.20 bits per heavy atom. The van der Waals surface area contributed by atoms with E-state index in [1.807, 2.05) is 0 Å². The summed E-state index contributed by atoms with van der Waals surface area (Å²) in [5.74, 6) is 0.468. The van der Waals surface area contributed by atoms with E-state index in [1.54, 1.807) is 24.3 Å². The van der Waals surface area contributed by atoms with Crippen molar-refractivity contribution < 1.29 is 14.6 Å². The van der Waals surface area contributed by atoms with Crippen LogP contribution in [0, 0.1) is 20.2 Å². The number of dihydropyridines is 1. The maximum absolute atomic E-state index is 11.1. The molecular formula is C12H11N3O5. The van der Waals surface area contributed by atoms with Crippen molar-refractivity contribution in [3.8, 4) is 5.75 Å². The van der Waals surface area contributed by atoms with E-state index < -0.39 is 15.9 Å². The zero-order chi connectivity index (χ0) is 14.7. The number of rotatable bonds is 4. The van der Waals surface area contributed by atoms with Gasteiger partial charge in [0.25, 0.3) is 11.4 Å². The Balaban J connectivity index is 2.46. The number of allylic oxidation sites excluding steroid dienone is 1. The zero-order valence-electron chi connectivity index (χ0n) is 10.5. The number of hydrogen-bond acceptors (Lipinski definition) is 6. The Morgan fingerprint density at radius 3 is 2.50 bits per heavy atom. The lowest BCUT2D eigenvalue weighted by Gasteiger charge is -2.19. The van der Waals surface area contributed by atoms with Gasteiger partial charge in [0, 0.05) is 5.56 Å². The van der Waals surface area contributed by atoms with Gasteiger partial charge in [-0.2, -0.15) is 0 Å². The van der Waals surface area contributed by atoms with E-state index in [2.05, 4.69) is 5.32 Å². The molecule has 104 valence electrons. The molecule has 0 bridgehead atoms. The zero-order valence-corrected chi connectivity index (χ0v) is 10.5. The highest BCUT2D eigenvalue weighted by atomic mass is 16.6. The fourth-order valence-corrected chi connectivity index (χ4v) is 1.95. The van der Waals surface area contributed by atoms with Gasteiger partial charge in [-0.05, 0) is 6.07 Å². The molecule has 2 rings (SSSR count). The summed E-state index contributed by atoms with van der Waals surface area (Å²) in [7, 11) is 1.45. The van der Waals surface area contributed by atoms with Crippen molar-refractivity contribution in [2.75, 3.05) is 7.11 Å². The molecule has 0 saturated heterocycles. The second-order valence-electron chi connectivity index (χ2n) is 3.99. The average Bonchev–Trinajstić information content (AvgIpc) is 2.46. The van der Waals surface area contributed by atoms with Crippen LogP contribution in [-0.2, 0) is 0 Å². The first kappa shape index (κ1) is 13.5. The molecule has 1 atom stereocenters. The van der Waals surface area contributed by atoms with Crippen LogP contribution in [0.5, 0.6) is 5.75 Å². The number of para-hydroxylation sites is 1. The molecular weight excluding hydrogens is 266 g/mol. The van der Waals surface area contributed by atoms with Gasteiger partial charge in [-0.1, -0.05) is 18.2 Å². The van der Waals surface area contributed by atoms with Crippen molar-refractivity contribution >= 4 is 0 Å². The molecule has 8 heteroatoms. The van der Waals surface area contributed by atoms with Crippen LogP contribution in [0.15, 0.2) is 47.9 Å². The molecule has 1 aliphatic rings. The van der Waals surface area contributed by atoms with Crippen LogP contribution in [0.3, 0.4) is 0 Å². The predicted molar refractivity (Wildman–Crippen MR) is 69.0 cm³/mol. The Labute approximate surface area is 113 Å². The third-order valence-electron chi connectivity index (χ3n) is 2.86. The van der Waals surface area contributed by atoms with E-state index in [9.17, 15) is 20.2 Å². The maximum atomic E-state index is 11.1. The summed E-state index contributed by atoms with van der Waals surface area (Å²) < 4.78 is 5.16. The summed E-state index contributed by atoms with van der Waals surface area (Å²) in [4.78, 5) is 20.5. The monoisotopic (exact) mass is 277 g/mol. The van der Waals surface area contributed by atoms with E-state index in [4.69, 9.17) is 4.74 Å². The summed E-state index contributed by atoms with van der Waals surface area (Å²) in [6.07, 6.45) is 2.09. The standard InChI is InChI=1S/C12H11N3O5/c1-20-11-5-3-2-4-9(11)12-10(15(18)19)6-8(7-13-12)14(16)17/h2-7,12-13H,1H3. The van der Waals surface area contributed by atoms with Crippen LogP contribution >= 0.6 is 0 Å². The summed E-state index contributed by atoms with van der Waals surface area (Å²) in [6.45, 7) is 0.